The minimum Gasteiger partial charge on any atom is -0.495 e. The summed E-state index contributed by atoms with van der Waals surface area (Å²) in [5, 5.41) is 5.80. The van der Waals surface area contributed by atoms with Crippen molar-refractivity contribution in [2.45, 2.75) is 6.92 Å². The van der Waals surface area contributed by atoms with Crippen LogP contribution in [0.5, 0.6) is 23.1 Å². The van der Waals surface area contributed by atoms with Crippen molar-refractivity contribution in [2.75, 3.05) is 24.9 Å². The zero-order valence-electron chi connectivity index (χ0n) is 16.9. The molecule has 0 fully saturated rings. The van der Waals surface area contributed by atoms with Crippen LogP contribution in [-0.2, 0) is 4.79 Å². The Labute approximate surface area is 174 Å². The van der Waals surface area contributed by atoms with Gasteiger partial charge >= 0.3 is 0 Å². The first kappa shape index (κ1) is 20.7. The van der Waals surface area contributed by atoms with Gasteiger partial charge in [0.15, 0.2) is 5.75 Å². The Morgan fingerprint density at radius 2 is 1.90 bits per heavy atom. The SMILES string of the molecule is C=CC(=O)Nc1cccc(Oc2nc(Nc3ccc(C)cc3OC)ncc2OC)c1. The molecule has 2 aromatic carbocycles. The summed E-state index contributed by atoms with van der Waals surface area (Å²) in [7, 11) is 3.10. The highest BCUT2D eigenvalue weighted by atomic mass is 16.5. The van der Waals surface area contributed by atoms with Crippen LogP contribution in [0.4, 0.5) is 17.3 Å². The molecular weight excluding hydrogens is 384 g/mol. The molecule has 30 heavy (non-hydrogen) atoms. The molecule has 0 spiro atoms. The molecule has 0 saturated carbocycles. The van der Waals surface area contributed by atoms with Crippen molar-refractivity contribution in [3.05, 3.63) is 66.9 Å². The molecule has 0 saturated heterocycles. The standard InChI is InChI=1S/C22H22N4O4/c1-5-20(27)24-15-7-6-8-16(12-15)30-21-19(29-4)13-23-22(26-21)25-17-10-9-14(2)11-18(17)28-3/h5-13H,1H2,2-4H3,(H,24,27)(H,23,25,26). The highest BCUT2D eigenvalue weighted by Gasteiger charge is 2.13. The van der Waals surface area contributed by atoms with Crippen molar-refractivity contribution in [3.63, 3.8) is 0 Å². The van der Waals surface area contributed by atoms with Gasteiger partial charge in [0.05, 0.1) is 26.1 Å². The van der Waals surface area contributed by atoms with Crippen LogP contribution < -0.4 is 24.8 Å². The molecule has 0 aliphatic carbocycles. The van der Waals surface area contributed by atoms with Gasteiger partial charge in [-0.15, -0.1) is 0 Å². The highest BCUT2D eigenvalue weighted by molar-refractivity contribution is 5.98. The second kappa shape index (κ2) is 9.42. The molecule has 0 radical (unpaired) electrons. The van der Waals surface area contributed by atoms with E-state index in [0.717, 1.165) is 5.56 Å². The molecule has 0 bridgehead atoms. The maximum Gasteiger partial charge on any atom is 0.267 e. The number of nitrogens with one attached hydrogen (secondary N) is 2. The van der Waals surface area contributed by atoms with E-state index < -0.39 is 0 Å². The van der Waals surface area contributed by atoms with Gasteiger partial charge in [-0.05, 0) is 42.8 Å². The molecule has 0 atom stereocenters. The zero-order valence-corrected chi connectivity index (χ0v) is 16.9. The predicted molar refractivity (Wildman–Crippen MR) is 115 cm³/mol. The molecular formula is C22H22N4O4. The number of nitrogens with zero attached hydrogens (tertiary/aromatic N) is 2. The number of anilines is 3. The number of amides is 1. The Morgan fingerprint density at radius 1 is 1.10 bits per heavy atom. The average Bonchev–Trinajstić information content (AvgIpc) is 2.75. The fourth-order valence-electron chi connectivity index (χ4n) is 2.59. The quantitative estimate of drug-likeness (QED) is 0.533. The molecule has 8 nitrogen and oxygen atoms in total. The first-order chi connectivity index (χ1) is 14.5. The van der Waals surface area contributed by atoms with Crippen LogP contribution in [-0.4, -0.2) is 30.1 Å². The normalized spacial score (nSPS) is 10.1. The van der Waals surface area contributed by atoms with Crippen molar-refractivity contribution >= 4 is 23.2 Å². The van der Waals surface area contributed by atoms with E-state index in [1.165, 1.54) is 19.4 Å². The Hall–Kier alpha value is -4.07. The van der Waals surface area contributed by atoms with Crippen LogP contribution in [0.1, 0.15) is 5.56 Å². The number of hydrogen-bond donors (Lipinski definition) is 2. The molecule has 3 rings (SSSR count). The van der Waals surface area contributed by atoms with Crippen LogP contribution >= 0.6 is 0 Å². The van der Waals surface area contributed by atoms with E-state index in [0.29, 0.717) is 34.6 Å². The maximum absolute atomic E-state index is 11.5. The first-order valence-electron chi connectivity index (χ1n) is 9.06. The lowest BCUT2D eigenvalue weighted by Gasteiger charge is -2.13. The average molecular weight is 406 g/mol. The molecule has 1 amide bonds. The number of aromatic nitrogens is 2. The number of rotatable bonds is 8. The van der Waals surface area contributed by atoms with Crippen LogP contribution in [0, 0.1) is 6.92 Å². The minimum atomic E-state index is -0.315. The van der Waals surface area contributed by atoms with Crippen molar-refractivity contribution in [2.24, 2.45) is 0 Å². The molecule has 3 aromatic rings. The Kier molecular flexibility index (Phi) is 6.49. The zero-order chi connectivity index (χ0) is 21.5. The topological polar surface area (TPSA) is 94.6 Å². The fraction of sp³-hybridized carbons (Fsp3) is 0.136. The molecule has 0 aliphatic rings. The minimum absolute atomic E-state index is 0.216. The highest BCUT2D eigenvalue weighted by Crippen LogP contribution is 2.33. The third kappa shape index (κ3) is 5.05. The fourth-order valence-corrected chi connectivity index (χ4v) is 2.59. The van der Waals surface area contributed by atoms with E-state index in [1.807, 2.05) is 25.1 Å². The number of hydrogen-bond acceptors (Lipinski definition) is 7. The van der Waals surface area contributed by atoms with Gasteiger partial charge in [-0.3, -0.25) is 4.79 Å². The summed E-state index contributed by atoms with van der Waals surface area (Å²) in [5.41, 5.74) is 2.35. The van der Waals surface area contributed by atoms with Crippen molar-refractivity contribution in [3.8, 4) is 23.1 Å². The molecule has 1 aromatic heterocycles. The van der Waals surface area contributed by atoms with Crippen molar-refractivity contribution in [1.29, 1.82) is 0 Å². The van der Waals surface area contributed by atoms with E-state index in [4.69, 9.17) is 14.2 Å². The van der Waals surface area contributed by atoms with Gasteiger partial charge in [0.1, 0.15) is 11.5 Å². The van der Waals surface area contributed by atoms with Crippen molar-refractivity contribution < 1.29 is 19.0 Å². The maximum atomic E-state index is 11.5. The number of methoxy groups -OCH3 is 2. The summed E-state index contributed by atoms with van der Waals surface area (Å²) < 4.78 is 16.6. The largest absolute Gasteiger partial charge is 0.495 e. The summed E-state index contributed by atoms with van der Waals surface area (Å²) >= 11 is 0. The monoisotopic (exact) mass is 406 g/mol. The van der Waals surface area contributed by atoms with E-state index in [-0.39, 0.29) is 11.8 Å². The number of ether oxygens (including phenoxy) is 3. The molecule has 2 N–H and O–H groups in total. The molecule has 0 aliphatic heterocycles. The smallest absolute Gasteiger partial charge is 0.267 e. The summed E-state index contributed by atoms with van der Waals surface area (Å²) in [6, 6.07) is 12.6. The summed E-state index contributed by atoms with van der Waals surface area (Å²) in [6.07, 6.45) is 2.70. The van der Waals surface area contributed by atoms with Crippen LogP contribution in [0.3, 0.4) is 0 Å². The number of benzene rings is 2. The Morgan fingerprint density at radius 3 is 2.63 bits per heavy atom. The molecule has 8 heteroatoms. The Bertz CT molecular complexity index is 1070. The third-order valence-electron chi connectivity index (χ3n) is 4.05. The van der Waals surface area contributed by atoms with Gasteiger partial charge in [0.25, 0.3) is 5.88 Å². The van der Waals surface area contributed by atoms with Crippen LogP contribution in [0.15, 0.2) is 61.3 Å². The summed E-state index contributed by atoms with van der Waals surface area (Å²) in [4.78, 5) is 20.2. The summed E-state index contributed by atoms with van der Waals surface area (Å²) in [5.74, 6) is 1.70. The van der Waals surface area contributed by atoms with E-state index >= 15 is 0 Å². The lowest BCUT2D eigenvalue weighted by atomic mass is 10.2. The molecule has 0 unspecified atom stereocenters. The van der Waals surface area contributed by atoms with Gasteiger partial charge in [-0.2, -0.15) is 4.98 Å². The molecule has 1 heterocycles. The Balaban J connectivity index is 1.86. The van der Waals surface area contributed by atoms with Gasteiger partial charge in [0, 0.05) is 11.8 Å². The van der Waals surface area contributed by atoms with Gasteiger partial charge in [0.2, 0.25) is 11.9 Å². The van der Waals surface area contributed by atoms with Gasteiger partial charge in [-0.25, -0.2) is 4.98 Å². The lowest BCUT2D eigenvalue weighted by Crippen LogP contribution is -2.07. The number of aryl methyl sites for hydroxylation is 1. The first-order valence-corrected chi connectivity index (χ1v) is 9.06. The van der Waals surface area contributed by atoms with Crippen LogP contribution in [0.2, 0.25) is 0 Å². The van der Waals surface area contributed by atoms with Gasteiger partial charge in [-0.1, -0.05) is 18.7 Å². The second-order valence-corrected chi connectivity index (χ2v) is 6.22. The van der Waals surface area contributed by atoms with Crippen LogP contribution in [0.25, 0.3) is 0 Å². The van der Waals surface area contributed by atoms with E-state index in [9.17, 15) is 4.79 Å². The van der Waals surface area contributed by atoms with Gasteiger partial charge < -0.3 is 24.8 Å². The summed E-state index contributed by atoms with van der Waals surface area (Å²) in [6.45, 7) is 5.42. The third-order valence-corrected chi connectivity index (χ3v) is 4.05. The second-order valence-electron chi connectivity index (χ2n) is 6.22. The number of carbonyl (C=O) groups excluding carboxylic acids is 1. The van der Waals surface area contributed by atoms with E-state index in [2.05, 4.69) is 27.2 Å². The van der Waals surface area contributed by atoms with E-state index in [1.54, 1.807) is 31.4 Å². The lowest BCUT2D eigenvalue weighted by molar-refractivity contribution is -0.111. The molecule has 154 valence electrons. The van der Waals surface area contributed by atoms with Crippen molar-refractivity contribution in [1.82, 2.24) is 9.97 Å². The predicted octanol–water partition coefficient (Wildman–Crippen LogP) is 4.46. The number of carbonyl (C=O) groups is 1.